The van der Waals surface area contributed by atoms with Gasteiger partial charge in [0.15, 0.2) is 0 Å². The van der Waals surface area contributed by atoms with Gasteiger partial charge in [0, 0.05) is 0 Å². The van der Waals surface area contributed by atoms with Crippen LogP contribution in [0.3, 0.4) is 0 Å². The lowest BCUT2D eigenvalue weighted by Gasteiger charge is -2.16. The lowest BCUT2D eigenvalue weighted by Crippen LogP contribution is -2.06. The van der Waals surface area contributed by atoms with Crippen LogP contribution in [0, 0.1) is 25.2 Å². The van der Waals surface area contributed by atoms with E-state index in [1.807, 2.05) is 0 Å². The van der Waals surface area contributed by atoms with Crippen LogP contribution in [-0.4, -0.2) is 0 Å². The molecule has 1 aliphatic carbocycles. The zero-order valence-electron chi connectivity index (χ0n) is 10.6. The molecule has 1 aliphatic rings. The highest BCUT2D eigenvalue weighted by atomic mass is 14.6. The zero-order valence-corrected chi connectivity index (χ0v) is 10.6. The summed E-state index contributed by atoms with van der Waals surface area (Å²) in [5, 5.41) is 0. The largest absolute Gasteiger partial charge is 0.0622 e. The molecule has 1 aromatic rings. The maximum absolute atomic E-state index is 2.43. The molecule has 2 rings (SSSR count). The van der Waals surface area contributed by atoms with Crippen LogP contribution >= 0.6 is 0 Å². The summed E-state index contributed by atoms with van der Waals surface area (Å²) in [7, 11) is 0. The maximum atomic E-state index is 2.43. The van der Waals surface area contributed by atoms with Gasteiger partial charge in [-0.3, -0.25) is 0 Å². The van der Waals surface area contributed by atoms with Crippen molar-refractivity contribution in [2.75, 3.05) is 0 Å². The summed E-state index contributed by atoms with van der Waals surface area (Å²) in [6.07, 6.45) is 1.37. The summed E-state index contributed by atoms with van der Waals surface area (Å²) in [6, 6.07) is 7.00. The average molecular weight is 202 g/mol. The van der Waals surface area contributed by atoms with E-state index in [-0.39, 0.29) is 0 Å². The molecule has 0 heterocycles. The van der Waals surface area contributed by atoms with Gasteiger partial charge in [-0.15, -0.1) is 0 Å². The number of benzene rings is 1. The number of aryl methyl sites for hydroxylation is 2. The molecular formula is C15H22. The smallest absolute Gasteiger partial charge is 0.00996 e. The van der Waals surface area contributed by atoms with E-state index in [9.17, 15) is 0 Å². The Kier molecular flexibility index (Phi) is 2.41. The average Bonchev–Trinajstić information content (AvgIpc) is 2.78. The summed E-state index contributed by atoms with van der Waals surface area (Å²) in [5.41, 5.74) is 4.93. The number of hydrogen-bond donors (Lipinski definition) is 0. The molecule has 0 nitrogen and oxygen atoms in total. The highest BCUT2D eigenvalue weighted by Crippen LogP contribution is 2.63. The van der Waals surface area contributed by atoms with Gasteiger partial charge in [-0.05, 0) is 43.1 Å². The van der Waals surface area contributed by atoms with Gasteiger partial charge in [-0.1, -0.05) is 50.1 Å². The molecule has 2 atom stereocenters. The fraction of sp³-hybridized carbons (Fsp3) is 0.600. The minimum Gasteiger partial charge on any atom is -0.0622 e. The molecule has 1 saturated carbocycles. The van der Waals surface area contributed by atoms with Crippen LogP contribution < -0.4 is 0 Å². The van der Waals surface area contributed by atoms with Crippen molar-refractivity contribution in [3.63, 3.8) is 0 Å². The SMILES string of the molecule is Cc1cc(C)cc(C2CC2(C)C(C)C)c1. The van der Waals surface area contributed by atoms with Crippen molar-refractivity contribution in [3.8, 4) is 0 Å². The monoisotopic (exact) mass is 202 g/mol. The Morgan fingerprint density at radius 2 is 1.67 bits per heavy atom. The quantitative estimate of drug-likeness (QED) is 0.664. The predicted molar refractivity (Wildman–Crippen MR) is 66.2 cm³/mol. The van der Waals surface area contributed by atoms with Crippen molar-refractivity contribution in [1.82, 2.24) is 0 Å². The molecule has 1 fully saturated rings. The van der Waals surface area contributed by atoms with Crippen LogP contribution in [0.4, 0.5) is 0 Å². The lowest BCUT2D eigenvalue weighted by atomic mass is 9.89. The molecule has 2 unspecified atom stereocenters. The fourth-order valence-corrected chi connectivity index (χ4v) is 2.73. The van der Waals surface area contributed by atoms with Gasteiger partial charge < -0.3 is 0 Å². The Morgan fingerprint density at radius 3 is 2.07 bits per heavy atom. The van der Waals surface area contributed by atoms with E-state index >= 15 is 0 Å². The van der Waals surface area contributed by atoms with E-state index in [4.69, 9.17) is 0 Å². The molecule has 0 amide bonds. The highest BCUT2D eigenvalue weighted by Gasteiger charge is 2.52. The van der Waals surface area contributed by atoms with E-state index in [1.54, 1.807) is 5.56 Å². The van der Waals surface area contributed by atoms with Crippen LogP contribution in [0.2, 0.25) is 0 Å². The molecule has 0 aliphatic heterocycles. The second kappa shape index (κ2) is 3.37. The standard InChI is InChI=1S/C15H22/c1-10(2)15(5)9-14(15)13-7-11(3)6-12(4)8-13/h6-8,10,14H,9H2,1-5H3. The first kappa shape index (κ1) is 10.7. The lowest BCUT2D eigenvalue weighted by molar-refractivity contribution is 0.382. The first-order valence-electron chi connectivity index (χ1n) is 6.01. The minimum atomic E-state index is 0.556. The molecular weight excluding hydrogens is 180 g/mol. The molecule has 0 radical (unpaired) electrons. The van der Waals surface area contributed by atoms with Crippen molar-refractivity contribution in [2.24, 2.45) is 11.3 Å². The normalized spacial score (nSPS) is 29.6. The van der Waals surface area contributed by atoms with E-state index in [1.165, 1.54) is 17.5 Å². The third kappa shape index (κ3) is 1.82. The number of rotatable bonds is 2. The van der Waals surface area contributed by atoms with E-state index < -0.39 is 0 Å². The zero-order chi connectivity index (χ0) is 11.2. The Balaban J connectivity index is 2.27. The summed E-state index contributed by atoms with van der Waals surface area (Å²) >= 11 is 0. The molecule has 82 valence electrons. The summed E-state index contributed by atoms with van der Waals surface area (Å²) < 4.78 is 0. The Morgan fingerprint density at radius 1 is 1.13 bits per heavy atom. The molecule has 0 spiro atoms. The molecule has 15 heavy (non-hydrogen) atoms. The van der Waals surface area contributed by atoms with Gasteiger partial charge in [-0.25, -0.2) is 0 Å². The topological polar surface area (TPSA) is 0 Å². The molecule has 0 N–H and O–H groups in total. The third-order valence-corrected chi connectivity index (χ3v) is 4.25. The number of hydrogen-bond acceptors (Lipinski definition) is 0. The summed E-state index contributed by atoms with van der Waals surface area (Å²) in [5.74, 6) is 1.60. The van der Waals surface area contributed by atoms with Crippen molar-refractivity contribution >= 4 is 0 Å². The molecule has 0 bridgehead atoms. The van der Waals surface area contributed by atoms with Gasteiger partial charge in [0.2, 0.25) is 0 Å². The molecule has 0 saturated heterocycles. The predicted octanol–water partition coefficient (Wildman–Crippen LogP) is 4.45. The molecule has 1 aromatic carbocycles. The van der Waals surface area contributed by atoms with Crippen LogP contribution in [-0.2, 0) is 0 Å². The first-order valence-corrected chi connectivity index (χ1v) is 6.01. The Hall–Kier alpha value is -0.780. The van der Waals surface area contributed by atoms with Crippen molar-refractivity contribution < 1.29 is 0 Å². The second-order valence-corrected chi connectivity index (χ2v) is 5.84. The molecule has 0 heteroatoms. The van der Waals surface area contributed by atoms with E-state index in [0.29, 0.717) is 5.41 Å². The van der Waals surface area contributed by atoms with Gasteiger partial charge in [-0.2, -0.15) is 0 Å². The van der Waals surface area contributed by atoms with Crippen molar-refractivity contribution in [3.05, 3.63) is 34.9 Å². The first-order chi connectivity index (χ1) is 6.93. The molecule has 0 aromatic heterocycles. The van der Waals surface area contributed by atoms with E-state index in [2.05, 4.69) is 52.8 Å². The van der Waals surface area contributed by atoms with Gasteiger partial charge in [0.05, 0.1) is 0 Å². The minimum absolute atomic E-state index is 0.556. The maximum Gasteiger partial charge on any atom is -0.00996 e. The Bertz CT molecular complexity index is 355. The Labute approximate surface area is 93.7 Å². The fourth-order valence-electron chi connectivity index (χ4n) is 2.73. The van der Waals surface area contributed by atoms with Gasteiger partial charge >= 0.3 is 0 Å². The van der Waals surface area contributed by atoms with Crippen LogP contribution in [0.15, 0.2) is 18.2 Å². The van der Waals surface area contributed by atoms with Crippen LogP contribution in [0.5, 0.6) is 0 Å². The van der Waals surface area contributed by atoms with Gasteiger partial charge in [0.25, 0.3) is 0 Å². The van der Waals surface area contributed by atoms with Crippen LogP contribution in [0.1, 0.15) is 49.8 Å². The summed E-state index contributed by atoms with van der Waals surface area (Å²) in [6.45, 7) is 11.5. The summed E-state index contributed by atoms with van der Waals surface area (Å²) in [4.78, 5) is 0. The second-order valence-electron chi connectivity index (χ2n) is 5.84. The van der Waals surface area contributed by atoms with Gasteiger partial charge in [0.1, 0.15) is 0 Å². The highest BCUT2D eigenvalue weighted by molar-refractivity contribution is 5.36. The van der Waals surface area contributed by atoms with Crippen molar-refractivity contribution in [2.45, 2.75) is 47.0 Å². The van der Waals surface area contributed by atoms with Crippen LogP contribution in [0.25, 0.3) is 0 Å². The third-order valence-electron chi connectivity index (χ3n) is 4.25. The van der Waals surface area contributed by atoms with E-state index in [0.717, 1.165) is 11.8 Å². The van der Waals surface area contributed by atoms with Crippen molar-refractivity contribution in [1.29, 1.82) is 0 Å².